The average molecular weight is 394 g/mol. The summed E-state index contributed by atoms with van der Waals surface area (Å²) in [6.45, 7) is 1.66. The van der Waals surface area contributed by atoms with Gasteiger partial charge in [0, 0.05) is 16.8 Å². The smallest absolute Gasteiger partial charge is 0.395 e. The van der Waals surface area contributed by atoms with Gasteiger partial charge < -0.3 is 9.47 Å². The molecule has 28 heavy (non-hydrogen) atoms. The van der Waals surface area contributed by atoms with Gasteiger partial charge in [0.25, 0.3) is 0 Å². The van der Waals surface area contributed by atoms with Crippen molar-refractivity contribution in [2.24, 2.45) is 0 Å². The Labute approximate surface area is 155 Å². The van der Waals surface area contributed by atoms with Crippen LogP contribution in [0, 0.1) is 6.92 Å². The fourth-order valence-electron chi connectivity index (χ4n) is 2.81. The normalized spacial score (nSPS) is 14.9. The lowest BCUT2D eigenvalue weighted by atomic mass is 10.1. The van der Waals surface area contributed by atoms with Gasteiger partial charge in [0.15, 0.2) is 17.3 Å². The third kappa shape index (κ3) is 3.35. The summed E-state index contributed by atoms with van der Waals surface area (Å²) in [6, 6.07) is 10.3. The molecule has 0 unspecified atom stereocenters. The Balaban J connectivity index is 1.77. The number of hydrogen-bond donors (Lipinski definition) is 0. The standard InChI is InChI=1S/C19H11F5N2O2/c1-10-9-14(13-3-2-4-15-16(13)28-19(23,24)27-15)26-17(25-10)11-5-7-12(8-6-11)18(20,21)22/h2-9H,1H3. The maximum atomic E-state index is 13.4. The summed E-state index contributed by atoms with van der Waals surface area (Å²) in [5.74, 6) is -0.134. The van der Waals surface area contributed by atoms with E-state index in [1.165, 1.54) is 30.3 Å². The first kappa shape index (κ1) is 18.1. The van der Waals surface area contributed by atoms with Crippen molar-refractivity contribution >= 4 is 0 Å². The van der Waals surface area contributed by atoms with Crippen LogP contribution >= 0.6 is 0 Å². The van der Waals surface area contributed by atoms with Gasteiger partial charge in [0.05, 0.1) is 11.3 Å². The number of rotatable bonds is 2. The van der Waals surface area contributed by atoms with Crippen LogP contribution < -0.4 is 9.47 Å². The lowest BCUT2D eigenvalue weighted by molar-refractivity contribution is -0.286. The van der Waals surface area contributed by atoms with Gasteiger partial charge in [-0.1, -0.05) is 18.2 Å². The number of aromatic nitrogens is 2. The van der Waals surface area contributed by atoms with E-state index in [-0.39, 0.29) is 28.6 Å². The van der Waals surface area contributed by atoms with Gasteiger partial charge in [-0.3, -0.25) is 0 Å². The maximum absolute atomic E-state index is 13.4. The predicted octanol–water partition coefficient (Wildman–Crippen LogP) is 5.46. The lowest BCUT2D eigenvalue weighted by Gasteiger charge is -2.10. The third-order valence-electron chi connectivity index (χ3n) is 4.03. The van der Waals surface area contributed by atoms with Crippen molar-refractivity contribution in [1.29, 1.82) is 0 Å². The molecule has 0 saturated heterocycles. The average Bonchev–Trinajstić information content (AvgIpc) is 2.94. The van der Waals surface area contributed by atoms with Crippen molar-refractivity contribution in [2.75, 3.05) is 0 Å². The molecular weight excluding hydrogens is 383 g/mol. The number of fused-ring (bicyclic) bond motifs is 1. The first-order valence-corrected chi connectivity index (χ1v) is 8.05. The number of nitrogens with zero attached hydrogens (tertiary/aromatic N) is 2. The van der Waals surface area contributed by atoms with E-state index in [0.29, 0.717) is 11.3 Å². The Morgan fingerprint density at radius 1 is 0.929 bits per heavy atom. The second-order valence-corrected chi connectivity index (χ2v) is 6.09. The number of aryl methyl sites for hydroxylation is 1. The number of hydrogen-bond acceptors (Lipinski definition) is 4. The first-order valence-electron chi connectivity index (χ1n) is 8.05. The molecule has 4 rings (SSSR count). The highest BCUT2D eigenvalue weighted by molar-refractivity contribution is 5.73. The Hall–Kier alpha value is -3.23. The fourth-order valence-corrected chi connectivity index (χ4v) is 2.81. The second-order valence-electron chi connectivity index (χ2n) is 6.09. The third-order valence-corrected chi connectivity index (χ3v) is 4.03. The monoisotopic (exact) mass is 394 g/mol. The van der Waals surface area contributed by atoms with Gasteiger partial charge in [0.1, 0.15) is 0 Å². The second kappa shape index (κ2) is 6.15. The van der Waals surface area contributed by atoms with Gasteiger partial charge in [-0.25, -0.2) is 9.97 Å². The molecule has 0 N–H and O–H groups in total. The lowest BCUT2D eigenvalue weighted by Crippen LogP contribution is -2.26. The van der Waals surface area contributed by atoms with Crippen LogP contribution in [0.1, 0.15) is 11.3 Å². The van der Waals surface area contributed by atoms with E-state index < -0.39 is 18.0 Å². The summed E-state index contributed by atoms with van der Waals surface area (Å²) in [4.78, 5) is 8.55. The minimum absolute atomic E-state index is 0.130. The number of alkyl halides is 5. The molecule has 0 bridgehead atoms. The zero-order chi connectivity index (χ0) is 20.1. The van der Waals surface area contributed by atoms with E-state index in [1.807, 2.05) is 0 Å². The highest BCUT2D eigenvalue weighted by Gasteiger charge is 2.44. The van der Waals surface area contributed by atoms with E-state index in [1.54, 1.807) is 13.0 Å². The molecule has 2 heterocycles. The fraction of sp³-hybridized carbons (Fsp3) is 0.158. The molecule has 1 aromatic heterocycles. The van der Waals surface area contributed by atoms with Gasteiger partial charge in [0.2, 0.25) is 0 Å². The summed E-state index contributed by atoms with van der Waals surface area (Å²) in [6.07, 6.45) is -8.24. The van der Waals surface area contributed by atoms with Crippen LogP contribution in [0.3, 0.4) is 0 Å². The van der Waals surface area contributed by atoms with E-state index in [0.717, 1.165) is 12.1 Å². The summed E-state index contributed by atoms with van der Waals surface area (Å²) in [5, 5.41) is 0. The quantitative estimate of drug-likeness (QED) is 0.542. The molecule has 144 valence electrons. The largest absolute Gasteiger partial charge is 0.586 e. The molecule has 0 spiro atoms. The Kier molecular flexibility index (Phi) is 3.99. The van der Waals surface area contributed by atoms with E-state index in [4.69, 9.17) is 0 Å². The Morgan fingerprint density at radius 3 is 2.32 bits per heavy atom. The molecular formula is C19H11F5N2O2. The zero-order valence-electron chi connectivity index (χ0n) is 14.2. The molecule has 9 heteroatoms. The highest BCUT2D eigenvalue weighted by Crippen LogP contribution is 2.46. The number of para-hydroxylation sites is 1. The minimum Gasteiger partial charge on any atom is -0.395 e. The van der Waals surface area contributed by atoms with Crippen LogP contribution in [0.15, 0.2) is 48.5 Å². The number of halogens is 5. The molecule has 0 radical (unpaired) electrons. The van der Waals surface area contributed by atoms with Crippen LogP contribution in [0.2, 0.25) is 0 Å². The Bertz CT molecular complexity index is 1050. The molecule has 2 aromatic carbocycles. The summed E-state index contributed by atoms with van der Waals surface area (Å²) in [5.41, 5.74) is 0.600. The van der Waals surface area contributed by atoms with Crippen molar-refractivity contribution < 1.29 is 31.4 Å². The topological polar surface area (TPSA) is 44.2 Å². The van der Waals surface area contributed by atoms with Crippen molar-refractivity contribution in [1.82, 2.24) is 9.97 Å². The van der Waals surface area contributed by atoms with Gasteiger partial charge in [-0.2, -0.15) is 13.2 Å². The van der Waals surface area contributed by atoms with Crippen molar-refractivity contribution in [3.8, 4) is 34.1 Å². The number of ether oxygens (including phenoxy) is 2. The summed E-state index contributed by atoms with van der Waals surface area (Å²) >= 11 is 0. The molecule has 0 atom stereocenters. The van der Waals surface area contributed by atoms with Crippen LogP contribution in [0.25, 0.3) is 22.6 Å². The first-order chi connectivity index (χ1) is 13.1. The molecule has 1 aliphatic heterocycles. The molecule has 4 nitrogen and oxygen atoms in total. The van der Waals surface area contributed by atoms with Crippen LogP contribution in [0.4, 0.5) is 22.0 Å². The van der Waals surface area contributed by atoms with Crippen LogP contribution in [-0.4, -0.2) is 16.3 Å². The van der Waals surface area contributed by atoms with E-state index in [9.17, 15) is 22.0 Å². The molecule has 3 aromatic rings. The van der Waals surface area contributed by atoms with E-state index >= 15 is 0 Å². The van der Waals surface area contributed by atoms with Crippen LogP contribution in [0.5, 0.6) is 11.5 Å². The predicted molar refractivity (Wildman–Crippen MR) is 88.8 cm³/mol. The Morgan fingerprint density at radius 2 is 1.64 bits per heavy atom. The highest BCUT2D eigenvalue weighted by atomic mass is 19.4. The van der Waals surface area contributed by atoms with Crippen molar-refractivity contribution in [3.63, 3.8) is 0 Å². The van der Waals surface area contributed by atoms with Gasteiger partial charge in [-0.15, -0.1) is 8.78 Å². The molecule has 1 aliphatic rings. The minimum atomic E-state index is -4.45. The zero-order valence-corrected chi connectivity index (χ0v) is 14.2. The summed E-state index contributed by atoms with van der Waals surface area (Å²) in [7, 11) is 0. The molecule has 0 fully saturated rings. The van der Waals surface area contributed by atoms with Crippen molar-refractivity contribution in [2.45, 2.75) is 19.4 Å². The molecule has 0 saturated carbocycles. The summed E-state index contributed by atoms with van der Waals surface area (Å²) < 4.78 is 74.1. The SMILES string of the molecule is Cc1cc(-c2cccc3c2OC(F)(F)O3)nc(-c2ccc(C(F)(F)F)cc2)n1. The molecule has 0 aliphatic carbocycles. The van der Waals surface area contributed by atoms with E-state index in [2.05, 4.69) is 19.4 Å². The number of benzene rings is 2. The van der Waals surface area contributed by atoms with Gasteiger partial charge >= 0.3 is 12.5 Å². The van der Waals surface area contributed by atoms with Crippen molar-refractivity contribution in [3.05, 3.63) is 59.8 Å². The maximum Gasteiger partial charge on any atom is 0.586 e. The molecule has 0 amide bonds. The van der Waals surface area contributed by atoms with Gasteiger partial charge in [-0.05, 0) is 37.3 Å². The van der Waals surface area contributed by atoms with Crippen LogP contribution in [-0.2, 0) is 6.18 Å².